The molecule has 0 saturated carbocycles. The molecule has 0 aliphatic heterocycles. The largest absolute Gasteiger partial charge is 1.00 e. The first-order chi connectivity index (χ1) is 14.2. The summed E-state index contributed by atoms with van der Waals surface area (Å²) >= 11 is -0.675. The van der Waals surface area contributed by atoms with Crippen molar-refractivity contribution in [3.63, 3.8) is 0 Å². The standard InChI is InChI=1S/2C14H15.2ClH.Zr/c2*1-12(11-13-7-5-6-8-13)14-9-3-2-4-10-14;;;/h2*2-5,7,9-10,12H,6,11H2,1H3;2*1H;/q;;;;+2/p-2. The van der Waals surface area contributed by atoms with Crippen molar-refractivity contribution in [3.8, 4) is 0 Å². The first kappa shape index (κ1) is 26.1. The van der Waals surface area contributed by atoms with Crippen molar-refractivity contribution in [2.75, 3.05) is 0 Å². The molecule has 4 rings (SSSR count). The molecule has 2 aromatic rings. The summed E-state index contributed by atoms with van der Waals surface area (Å²) in [4.78, 5) is 0. The summed E-state index contributed by atoms with van der Waals surface area (Å²) in [5.74, 6) is 1.19. The van der Waals surface area contributed by atoms with Crippen LogP contribution in [0.3, 0.4) is 0 Å². The van der Waals surface area contributed by atoms with Crippen LogP contribution in [0, 0.1) is 0 Å². The molecule has 0 fully saturated rings. The van der Waals surface area contributed by atoms with E-state index >= 15 is 0 Å². The molecule has 0 radical (unpaired) electrons. The SMILES string of the molecule is CC(CC1=[C]([Zr+2][C]2=C(CC(C)c3ccccc3)C=CC2)CC=C1)c1ccccc1.[Cl-].[Cl-]. The summed E-state index contributed by atoms with van der Waals surface area (Å²) in [6.07, 6.45) is 14.4. The normalized spacial score (nSPS) is 16.6. The van der Waals surface area contributed by atoms with E-state index < -0.39 is 23.2 Å². The first-order valence-corrected chi connectivity index (χ1v) is 13.3. The predicted molar refractivity (Wildman–Crippen MR) is 121 cm³/mol. The van der Waals surface area contributed by atoms with Crippen LogP contribution in [0.4, 0.5) is 0 Å². The van der Waals surface area contributed by atoms with Gasteiger partial charge < -0.3 is 24.8 Å². The number of halogens is 2. The molecule has 2 atom stereocenters. The summed E-state index contributed by atoms with van der Waals surface area (Å²) in [7, 11) is 0. The van der Waals surface area contributed by atoms with Crippen molar-refractivity contribution in [2.45, 2.75) is 51.4 Å². The molecule has 2 aliphatic rings. The van der Waals surface area contributed by atoms with Gasteiger partial charge in [-0.25, -0.2) is 0 Å². The second-order valence-corrected chi connectivity index (χ2v) is 12.0. The van der Waals surface area contributed by atoms with Crippen LogP contribution in [0.15, 0.2) is 103 Å². The van der Waals surface area contributed by atoms with E-state index in [0.29, 0.717) is 11.8 Å². The molecule has 2 aliphatic carbocycles. The summed E-state index contributed by atoms with van der Waals surface area (Å²) < 4.78 is 3.61. The molecule has 0 nitrogen and oxygen atoms in total. The molecule has 0 aromatic heterocycles. The average Bonchev–Trinajstić information content (AvgIpc) is 3.39. The Morgan fingerprint density at radius 3 is 1.42 bits per heavy atom. The van der Waals surface area contributed by atoms with Crippen LogP contribution < -0.4 is 24.8 Å². The zero-order valence-electron chi connectivity index (χ0n) is 18.3. The van der Waals surface area contributed by atoms with Crippen molar-refractivity contribution in [1.82, 2.24) is 0 Å². The van der Waals surface area contributed by atoms with Gasteiger partial charge >= 0.3 is 188 Å². The van der Waals surface area contributed by atoms with E-state index in [4.69, 9.17) is 0 Å². The van der Waals surface area contributed by atoms with Crippen LogP contribution in [0.5, 0.6) is 0 Å². The van der Waals surface area contributed by atoms with Crippen molar-refractivity contribution in [2.24, 2.45) is 0 Å². The number of hydrogen-bond donors (Lipinski definition) is 0. The molecule has 0 N–H and O–H groups in total. The van der Waals surface area contributed by atoms with Crippen molar-refractivity contribution in [3.05, 3.63) is 114 Å². The van der Waals surface area contributed by atoms with Gasteiger partial charge in [0.05, 0.1) is 0 Å². The van der Waals surface area contributed by atoms with E-state index in [1.165, 1.54) is 36.8 Å². The predicted octanol–water partition coefficient (Wildman–Crippen LogP) is 1.89. The van der Waals surface area contributed by atoms with Crippen LogP contribution >= 0.6 is 0 Å². The second-order valence-electron chi connectivity index (χ2n) is 8.38. The van der Waals surface area contributed by atoms with E-state index in [1.54, 1.807) is 17.7 Å². The summed E-state index contributed by atoms with van der Waals surface area (Å²) in [6.45, 7) is 4.75. The van der Waals surface area contributed by atoms with Crippen molar-refractivity contribution < 1.29 is 48.0 Å². The van der Waals surface area contributed by atoms with Gasteiger partial charge in [0.1, 0.15) is 0 Å². The van der Waals surface area contributed by atoms with Gasteiger partial charge in [-0.2, -0.15) is 0 Å². The second kappa shape index (κ2) is 12.8. The topological polar surface area (TPSA) is 0 Å². The van der Waals surface area contributed by atoms with Crippen LogP contribution in [0.1, 0.15) is 62.5 Å². The number of benzene rings is 2. The fourth-order valence-corrected chi connectivity index (χ4v) is 8.06. The van der Waals surface area contributed by atoms with Gasteiger partial charge in [-0.3, -0.25) is 0 Å². The Balaban J connectivity index is 0.00000171. The summed E-state index contributed by atoms with van der Waals surface area (Å²) in [6, 6.07) is 22.0. The third-order valence-electron chi connectivity index (χ3n) is 6.15. The Labute approximate surface area is 212 Å². The maximum atomic E-state index is 2.42. The van der Waals surface area contributed by atoms with Gasteiger partial charge in [-0.15, -0.1) is 0 Å². The van der Waals surface area contributed by atoms with Crippen LogP contribution in [-0.2, 0) is 23.2 Å². The third-order valence-corrected chi connectivity index (χ3v) is 10.2. The molecule has 0 amide bonds. The van der Waals surface area contributed by atoms with Crippen molar-refractivity contribution in [1.29, 1.82) is 0 Å². The van der Waals surface area contributed by atoms with Crippen LogP contribution in [0.2, 0.25) is 0 Å². The van der Waals surface area contributed by atoms with E-state index in [9.17, 15) is 0 Å². The summed E-state index contributed by atoms with van der Waals surface area (Å²) in [5.41, 5.74) is 6.21. The zero-order chi connectivity index (χ0) is 20.1. The zero-order valence-corrected chi connectivity index (χ0v) is 22.3. The fourth-order valence-electron chi connectivity index (χ4n) is 4.39. The molecule has 3 heteroatoms. The van der Waals surface area contributed by atoms with E-state index in [2.05, 4.69) is 98.8 Å². The molecule has 0 heterocycles. The molecular formula is C28H30Cl2Zr. The van der Waals surface area contributed by atoms with Crippen molar-refractivity contribution >= 4 is 0 Å². The average molecular weight is 529 g/mol. The Hall–Kier alpha value is -1.14. The van der Waals surface area contributed by atoms with Gasteiger partial charge in [0, 0.05) is 0 Å². The quantitative estimate of drug-likeness (QED) is 0.491. The molecule has 0 bridgehead atoms. The minimum Gasteiger partial charge on any atom is -1.00 e. The fraction of sp³-hybridized carbons (Fsp3) is 0.286. The molecule has 0 saturated heterocycles. The maximum absolute atomic E-state index is 2.42. The molecule has 2 unspecified atom stereocenters. The van der Waals surface area contributed by atoms with Gasteiger partial charge in [0.2, 0.25) is 0 Å². The number of rotatable bonds is 8. The minimum absolute atomic E-state index is 0. The molecule has 160 valence electrons. The van der Waals surface area contributed by atoms with Crippen LogP contribution in [0.25, 0.3) is 0 Å². The smallest absolute Gasteiger partial charge is 1.00 e. The molecule has 0 spiro atoms. The molecule has 31 heavy (non-hydrogen) atoms. The van der Waals surface area contributed by atoms with Gasteiger partial charge in [0.15, 0.2) is 0 Å². The Bertz CT molecular complexity index is 876. The van der Waals surface area contributed by atoms with Gasteiger partial charge in [-0.05, 0) is 0 Å². The van der Waals surface area contributed by atoms with Gasteiger partial charge in [0.25, 0.3) is 0 Å². The Kier molecular flexibility index (Phi) is 10.8. The van der Waals surface area contributed by atoms with Crippen LogP contribution in [-0.4, -0.2) is 0 Å². The molecular weight excluding hydrogens is 498 g/mol. The minimum atomic E-state index is -0.675. The van der Waals surface area contributed by atoms with E-state index in [-0.39, 0.29) is 24.8 Å². The Morgan fingerprint density at radius 1 is 0.645 bits per heavy atom. The maximum Gasteiger partial charge on any atom is -1.00 e. The van der Waals surface area contributed by atoms with Gasteiger partial charge in [-0.1, -0.05) is 0 Å². The monoisotopic (exact) mass is 526 g/mol. The third kappa shape index (κ3) is 6.92. The summed E-state index contributed by atoms with van der Waals surface area (Å²) in [5, 5.41) is 0. The first-order valence-electron chi connectivity index (χ1n) is 10.8. The number of allylic oxidation sites excluding steroid dienone is 8. The molecule has 2 aromatic carbocycles. The Morgan fingerprint density at radius 2 is 1.03 bits per heavy atom. The van der Waals surface area contributed by atoms with E-state index in [0.717, 1.165) is 0 Å². The van der Waals surface area contributed by atoms with E-state index in [1.807, 2.05) is 0 Å². The number of hydrogen-bond acceptors (Lipinski definition) is 0.